The summed E-state index contributed by atoms with van der Waals surface area (Å²) >= 11 is 0. The van der Waals surface area contributed by atoms with Crippen LogP contribution in [0, 0.1) is 0 Å². The van der Waals surface area contributed by atoms with Gasteiger partial charge in [0.25, 0.3) is 11.8 Å². The number of aryl methyl sites for hydroxylation is 1. The van der Waals surface area contributed by atoms with Crippen molar-refractivity contribution in [3.8, 4) is 0 Å². The zero-order chi connectivity index (χ0) is 20.1. The molecule has 0 bridgehead atoms. The zero-order valence-corrected chi connectivity index (χ0v) is 16.3. The van der Waals surface area contributed by atoms with Crippen LogP contribution >= 0.6 is 0 Å². The fourth-order valence-electron chi connectivity index (χ4n) is 3.23. The average Bonchev–Trinajstić information content (AvgIpc) is 2.74. The van der Waals surface area contributed by atoms with Crippen molar-refractivity contribution in [3.05, 3.63) is 65.2 Å². The first-order valence-corrected chi connectivity index (χ1v) is 9.53. The minimum Gasteiger partial charge on any atom is -0.339 e. The lowest BCUT2D eigenvalue weighted by Gasteiger charge is -2.34. The van der Waals surface area contributed by atoms with Crippen LogP contribution in [0.4, 0.5) is 5.69 Å². The molecule has 2 aromatic rings. The number of hydrogen-bond acceptors (Lipinski definition) is 3. The van der Waals surface area contributed by atoms with Crippen molar-refractivity contribution in [2.24, 2.45) is 0 Å². The van der Waals surface area contributed by atoms with Crippen LogP contribution in [0.25, 0.3) is 0 Å². The van der Waals surface area contributed by atoms with E-state index in [4.69, 9.17) is 0 Å². The molecule has 3 amide bonds. The molecule has 3 rings (SSSR count). The van der Waals surface area contributed by atoms with Gasteiger partial charge in [-0.05, 0) is 42.3 Å². The monoisotopic (exact) mass is 379 g/mol. The Bertz CT molecular complexity index is 869. The first kappa shape index (κ1) is 19.6. The van der Waals surface area contributed by atoms with Crippen molar-refractivity contribution in [1.29, 1.82) is 0 Å². The van der Waals surface area contributed by atoms with Gasteiger partial charge in [-0.25, -0.2) is 0 Å². The smallest absolute Gasteiger partial charge is 0.255 e. The van der Waals surface area contributed by atoms with E-state index in [1.807, 2.05) is 24.3 Å². The van der Waals surface area contributed by atoms with Crippen molar-refractivity contribution >= 4 is 23.4 Å². The molecule has 0 aromatic heterocycles. The van der Waals surface area contributed by atoms with E-state index >= 15 is 0 Å². The Kier molecular flexibility index (Phi) is 6.09. The molecule has 146 valence electrons. The maximum Gasteiger partial charge on any atom is 0.255 e. The van der Waals surface area contributed by atoms with E-state index in [2.05, 4.69) is 12.2 Å². The van der Waals surface area contributed by atoms with Crippen LogP contribution in [-0.2, 0) is 11.2 Å². The quantitative estimate of drug-likeness (QED) is 0.888. The van der Waals surface area contributed by atoms with Gasteiger partial charge >= 0.3 is 0 Å². The molecule has 0 unspecified atom stereocenters. The Morgan fingerprint density at radius 1 is 0.893 bits per heavy atom. The van der Waals surface area contributed by atoms with Crippen LogP contribution < -0.4 is 5.32 Å². The van der Waals surface area contributed by atoms with Crippen LogP contribution in [0.3, 0.4) is 0 Å². The molecule has 2 aromatic carbocycles. The number of carbonyl (C=O) groups excluding carboxylic acids is 3. The van der Waals surface area contributed by atoms with Gasteiger partial charge < -0.3 is 15.1 Å². The highest BCUT2D eigenvalue weighted by atomic mass is 16.2. The second-order valence-corrected chi connectivity index (χ2v) is 6.88. The number of piperazine rings is 1. The van der Waals surface area contributed by atoms with Crippen LogP contribution in [0.5, 0.6) is 0 Å². The maximum absolute atomic E-state index is 12.8. The van der Waals surface area contributed by atoms with Crippen LogP contribution in [-0.4, -0.2) is 53.7 Å². The molecule has 1 fully saturated rings. The minimum atomic E-state index is -0.250. The van der Waals surface area contributed by atoms with Gasteiger partial charge in [0, 0.05) is 49.9 Å². The highest BCUT2D eigenvalue weighted by molar-refractivity contribution is 6.06. The molecule has 28 heavy (non-hydrogen) atoms. The summed E-state index contributed by atoms with van der Waals surface area (Å²) in [6.45, 7) is 5.69. The Morgan fingerprint density at radius 2 is 1.50 bits per heavy atom. The van der Waals surface area contributed by atoms with Crippen molar-refractivity contribution in [2.75, 3.05) is 31.5 Å². The number of carbonyl (C=O) groups is 3. The summed E-state index contributed by atoms with van der Waals surface area (Å²) in [6.07, 6.45) is 0.944. The van der Waals surface area contributed by atoms with E-state index in [-0.39, 0.29) is 17.7 Å². The summed E-state index contributed by atoms with van der Waals surface area (Å²) < 4.78 is 0. The topological polar surface area (TPSA) is 69.7 Å². The largest absolute Gasteiger partial charge is 0.339 e. The van der Waals surface area contributed by atoms with Gasteiger partial charge in [0.1, 0.15) is 0 Å². The predicted octanol–water partition coefficient (Wildman–Crippen LogP) is 2.81. The second kappa shape index (κ2) is 8.69. The average molecular weight is 379 g/mol. The van der Waals surface area contributed by atoms with Crippen LogP contribution in [0.2, 0.25) is 0 Å². The third-order valence-corrected chi connectivity index (χ3v) is 5.00. The summed E-state index contributed by atoms with van der Waals surface area (Å²) in [6, 6.07) is 14.5. The van der Waals surface area contributed by atoms with Crippen LogP contribution in [0.1, 0.15) is 40.1 Å². The standard InChI is InChI=1S/C22H25N3O3/c1-3-17-7-9-20(10-8-17)23-21(27)18-5-4-6-19(15-18)22(28)25-13-11-24(12-14-25)16(2)26/h4-10,15H,3,11-14H2,1-2H3,(H,23,27). The predicted molar refractivity (Wildman–Crippen MR) is 108 cm³/mol. The van der Waals surface area contributed by atoms with E-state index in [9.17, 15) is 14.4 Å². The summed E-state index contributed by atoms with van der Waals surface area (Å²) in [7, 11) is 0. The minimum absolute atomic E-state index is 0.0257. The first-order valence-electron chi connectivity index (χ1n) is 9.53. The van der Waals surface area contributed by atoms with Gasteiger partial charge in [-0.2, -0.15) is 0 Å². The lowest BCUT2D eigenvalue weighted by molar-refractivity contribution is -0.130. The van der Waals surface area contributed by atoms with Crippen molar-refractivity contribution < 1.29 is 14.4 Å². The van der Waals surface area contributed by atoms with Gasteiger partial charge in [0.05, 0.1) is 0 Å². The molecule has 6 nitrogen and oxygen atoms in total. The third-order valence-electron chi connectivity index (χ3n) is 5.00. The van der Waals surface area contributed by atoms with E-state index in [0.29, 0.717) is 37.3 Å². The van der Waals surface area contributed by atoms with Crippen molar-refractivity contribution in [1.82, 2.24) is 9.80 Å². The van der Waals surface area contributed by atoms with E-state index in [1.54, 1.807) is 34.1 Å². The fraction of sp³-hybridized carbons (Fsp3) is 0.318. The zero-order valence-electron chi connectivity index (χ0n) is 16.3. The Balaban J connectivity index is 1.66. The Labute approximate surface area is 165 Å². The number of amides is 3. The summed E-state index contributed by atoms with van der Waals surface area (Å²) in [5, 5.41) is 2.87. The van der Waals surface area contributed by atoms with E-state index in [0.717, 1.165) is 12.1 Å². The number of anilines is 1. The number of nitrogens with one attached hydrogen (secondary N) is 1. The molecule has 6 heteroatoms. The SMILES string of the molecule is CCc1ccc(NC(=O)c2cccc(C(=O)N3CCN(C(C)=O)CC3)c2)cc1. The Morgan fingerprint density at radius 3 is 2.11 bits per heavy atom. The molecule has 0 radical (unpaired) electrons. The van der Waals surface area contributed by atoms with Crippen molar-refractivity contribution in [3.63, 3.8) is 0 Å². The molecular weight excluding hydrogens is 354 g/mol. The molecule has 0 spiro atoms. The fourth-order valence-corrected chi connectivity index (χ4v) is 3.23. The first-order chi connectivity index (χ1) is 13.5. The molecule has 0 saturated carbocycles. The number of rotatable bonds is 4. The highest BCUT2D eigenvalue weighted by Gasteiger charge is 2.23. The molecule has 0 aliphatic carbocycles. The van der Waals surface area contributed by atoms with Crippen molar-refractivity contribution in [2.45, 2.75) is 20.3 Å². The molecule has 1 aliphatic rings. The number of benzene rings is 2. The highest BCUT2D eigenvalue weighted by Crippen LogP contribution is 2.15. The van der Waals surface area contributed by atoms with Crippen LogP contribution in [0.15, 0.2) is 48.5 Å². The molecule has 1 saturated heterocycles. The third kappa shape index (κ3) is 4.57. The normalized spacial score (nSPS) is 13.9. The lowest BCUT2D eigenvalue weighted by atomic mass is 10.1. The molecule has 1 heterocycles. The summed E-state index contributed by atoms with van der Waals surface area (Å²) in [5.41, 5.74) is 2.84. The molecule has 0 atom stereocenters. The summed E-state index contributed by atoms with van der Waals surface area (Å²) in [5.74, 6) is -0.344. The van der Waals surface area contributed by atoms with Gasteiger partial charge in [-0.1, -0.05) is 25.1 Å². The lowest BCUT2D eigenvalue weighted by Crippen LogP contribution is -2.50. The molecule has 1 N–H and O–H groups in total. The van der Waals surface area contributed by atoms with E-state index in [1.165, 1.54) is 12.5 Å². The van der Waals surface area contributed by atoms with E-state index < -0.39 is 0 Å². The van der Waals surface area contributed by atoms with Gasteiger partial charge in [-0.3, -0.25) is 14.4 Å². The van der Waals surface area contributed by atoms with Gasteiger partial charge in [-0.15, -0.1) is 0 Å². The van der Waals surface area contributed by atoms with Gasteiger partial charge in [0.2, 0.25) is 5.91 Å². The molecular formula is C22H25N3O3. The summed E-state index contributed by atoms with van der Waals surface area (Å²) in [4.78, 5) is 40.2. The van der Waals surface area contributed by atoms with Gasteiger partial charge in [0.15, 0.2) is 0 Å². The Hall–Kier alpha value is -3.15. The second-order valence-electron chi connectivity index (χ2n) is 6.88. The number of nitrogens with zero attached hydrogens (tertiary/aromatic N) is 2. The number of hydrogen-bond donors (Lipinski definition) is 1. The maximum atomic E-state index is 12.8. The molecule has 1 aliphatic heterocycles.